The van der Waals surface area contributed by atoms with Gasteiger partial charge in [0, 0.05) is 0 Å². The normalized spacial score (nSPS) is 15.1. The van der Waals surface area contributed by atoms with E-state index in [4.69, 9.17) is 0 Å². The molecule has 0 rings (SSSR count). The van der Waals surface area contributed by atoms with Gasteiger partial charge in [0.05, 0.1) is 0 Å². The molecule has 1 atom stereocenters. The van der Waals surface area contributed by atoms with Crippen LogP contribution in [0, 0.1) is 5.92 Å². The lowest BCUT2D eigenvalue weighted by molar-refractivity contribution is 0.533. The molecule has 0 spiro atoms. The van der Waals surface area contributed by atoms with Crippen LogP contribution < -0.4 is 5.32 Å². The zero-order chi connectivity index (χ0) is 8.69. The van der Waals surface area contributed by atoms with Crippen molar-refractivity contribution >= 4 is 0 Å². The van der Waals surface area contributed by atoms with E-state index in [0.29, 0.717) is 0 Å². The van der Waals surface area contributed by atoms with Crippen LogP contribution in [0.25, 0.3) is 0 Å². The maximum atomic E-state index is 3.19. The number of nitrogens with one attached hydrogen (secondary N) is 1. The highest BCUT2D eigenvalue weighted by atomic mass is 14.8. The Labute approximate surface area is 70.9 Å². The van der Waals surface area contributed by atoms with Crippen molar-refractivity contribution in [3.63, 3.8) is 0 Å². The molecule has 0 saturated heterocycles. The Bertz CT molecular complexity index is 116. The minimum atomic E-state index is 0.770. The van der Waals surface area contributed by atoms with Gasteiger partial charge in [-0.15, -0.1) is 0 Å². The first-order valence-corrected chi connectivity index (χ1v) is 4.53. The molecule has 66 valence electrons. The van der Waals surface area contributed by atoms with Gasteiger partial charge in [0.2, 0.25) is 0 Å². The van der Waals surface area contributed by atoms with Gasteiger partial charge in [-0.05, 0) is 39.3 Å². The molecule has 0 aromatic rings. The van der Waals surface area contributed by atoms with Gasteiger partial charge in [0.15, 0.2) is 0 Å². The Morgan fingerprint density at radius 1 is 1.55 bits per heavy atom. The third kappa shape index (κ3) is 5.02. The average molecular weight is 155 g/mol. The SMILES string of the molecule is C/C=C(/CC)CC(C)CNC. The summed E-state index contributed by atoms with van der Waals surface area (Å²) in [5, 5.41) is 3.19. The van der Waals surface area contributed by atoms with Gasteiger partial charge in [0.1, 0.15) is 0 Å². The topological polar surface area (TPSA) is 12.0 Å². The van der Waals surface area contributed by atoms with Crippen LogP contribution in [0.4, 0.5) is 0 Å². The first-order chi connectivity index (χ1) is 5.24. The molecule has 0 radical (unpaired) electrons. The number of hydrogen-bond donors (Lipinski definition) is 1. The van der Waals surface area contributed by atoms with Crippen LogP contribution in [0.3, 0.4) is 0 Å². The van der Waals surface area contributed by atoms with Crippen molar-refractivity contribution in [2.45, 2.75) is 33.6 Å². The van der Waals surface area contributed by atoms with E-state index in [0.717, 1.165) is 12.5 Å². The van der Waals surface area contributed by atoms with Gasteiger partial charge in [-0.1, -0.05) is 25.5 Å². The van der Waals surface area contributed by atoms with Gasteiger partial charge in [-0.2, -0.15) is 0 Å². The summed E-state index contributed by atoms with van der Waals surface area (Å²) in [6, 6.07) is 0. The van der Waals surface area contributed by atoms with E-state index in [-0.39, 0.29) is 0 Å². The number of rotatable bonds is 5. The number of allylic oxidation sites excluding steroid dienone is 2. The first-order valence-electron chi connectivity index (χ1n) is 4.53. The molecule has 11 heavy (non-hydrogen) atoms. The minimum absolute atomic E-state index is 0.770. The van der Waals surface area contributed by atoms with E-state index < -0.39 is 0 Å². The van der Waals surface area contributed by atoms with Crippen molar-refractivity contribution in [1.29, 1.82) is 0 Å². The maximum Gasteiger partial charge on any atom is -0.00231 e. The highest BCUT2D eigenvalue weighted by Crippen LogP contribution is 2.13. The molecule has 1 heteroatoms. The van der Waals surface area contributed by atoms with Gasteiger partial charge in [0.25, 0.3) is 0 Å². The maximum absolute atomic E-state index is 3.19. The summed E-state index contributed by atoms with van der Waals surface area (Å²) >= 11 is 0. The van der Waals surface area contributed by atoms with Gasteiger partial charge < -0.3 is 5.32 Å². The summed E-state index contributed by atoms with van der Waals surface area (Å²) < 4.78 is 0. The van der Waals surface area contributed by atoms with E-state index in [9.17, 15) is 0 Å². The zero-order valence-corrected chi connectivity index (χ0v) is 8.28. The molecule has 0 fully saturated rings. The van der Waals surface area contributed by atoms with Crippen molar-refractivity contribution in [2.75, 3.05) is 13.6 Å². The molecule has 1 unspecified atom stereocenters. The van der Waals surface area contributed by atoms with E-state index in [1.54, 1.807) is 5.57 Å². The third-order valence-electron chi connectivity index (χ3n) is 2.03. The second-order valence-corrected chi connectivity index (χ2v) is 3.17. The van der Waals surface area contributed by atoms with Crippen molar-refractivity contribution < 1.29 is 0 Å². The first kappa shape index (κ1) is 10.7. The highest BCUT2D eigenvalue weighted by Gasteiger charge is 2.01. The molecule has 1 N–H and O–H groups in total. The van der Waals surface area contributed by atoms with Crippen LogP contribution in [-0.4, -0.2) is 13.6 Å². The van der Waals surface area contributed by atoms with Crippen molar-refractivity contribution in [3.05, 3.63) is 11.6 Å². The van der Waals surface area contributed by atoms with Crippen LogP contribution in [0.15, 0.2) is 11.6 Å². The Hall–Kier alpha value is -0.300. The van der Waals surface area contributed by atoms with Gasteiger partial charge >= 0.3 is 0 Å². The summed E-state index contributed by atoms with van der Waals surface area (Å²) in [5.41, 5.74) is 1.58. The van der Waals surface area contributed by atoms with Gasteiger partial charge in [-0.25, -0.2) is 0 Å². The monoisotopic (exact) mass is 155 g/mol. The zero-order valence-electron chi connectivity index (χ0n) is 8.28. The van der Waals surface area contributed by atoms with Crippen LogP contribution in [0.5, 0.6) is 0 Å². The summed E-state index contributed by atoms with van der Waals surface area (Å²) in [6.07, 6.45) is 4.69. The predicted molar refractivity (Wildman–Crippen MR) is 51.8 cm³/mol. The van der Waals surface area contributed by atoms with E-state index in [1.807, 2.05) is 7.05 Å². The minimum Gasteiger partial charge on any atom is -0.319 e. The molecule has 0 bridgehead atoms. The fraction of sp³-hybridized carbons (Fsp3) is 0.800. The second kappa shape index (κ2) is 6.41. The Morgan fingerprint density at radius 3 is 2.55 bits per heavy atom. The largest absolute Gasteiger partial charge is 0.319 e. The quantitative estimate of drug-likeness (QED) is 0.602. The van der Waals surface area contributed by atoms with E-state index in [2.05, 4.69) is 32.2 Å². The summed E-state index contributed by atoms with van der Waals surface area (Å²) in [7, 11) is 2.01. The fourth-order valence-electron chi connectivity index (χ4n) is 1.33. The Balaban J connectivity index is 3.63. The second-order valence-electron chi connectivity index (χ2n) is 3.17. The van der Waals surface area contributed by atoms with Gasteiger partial charge in [-0.3, -0.25) is 0 Å². The lowest BCUT2D eigenvalue weighted by atomic mass is 9.99. The number of hydrogen-bond acceptors (Lipinski definition) is 1. The molecule has 0 aliphatic heterocycles. The average Bonchev–Trinajstić information content (AvgIpc) is 2.01. The summed E-state index contributed by atoms with van der Waals surface area (Å²) in [4.78, 5) is 0. The highest BCUT2D eigenvalue weighted by molar-refractivity contribution is 5.00. The molecule has 1 nitrogen and oxygen atoms in total. The molecular formula is C10H21N. The van der Waals surface area contributed by atoms with Crippen molar-refractivity contribution in [2.24, 2.45) is 5.92 Å². The lowest BCUT2D eigenvalue weighted by Gasteiger charge is -2.11. The Morgan fingerprint density at radius 2 is 2.18 bits per heavy atom. The molecule has 0 aliphatic carbocycles. The molecule has 0 amide bonds. The van der Waals surface area contributed by atoms with Crippen LogP contribution in [0.1, 0.15) is 33.6 Å². The standard InChI is InChI=1S/C10H21N/c1-5-10(6-2)7-9(3)8-11-4/h5,9,11H,6-8H2,1-4H3/b10-5-. The smallest absolute Gasteiger partial charge is 0.00231 e. The van der Waals surface area contributed by atoms with E-state index >= 15 is 0 Å². The Kier molecular flexibility index (Phi) is 6.24. The molecule has 0 aliphatic rings. The lowest BCUT2D eigenvalue weighted by Crippen LogP contribution is -2.16. The molecular weight excluding hydrogens is 134 g/mol. The molecule has 0 heterocycles. The third-order valence-corrected chi connectivity index (χ3v) is 2.03. The summed E-state index contributed by atoms with van der Waals surface area (Å²) in [5.74, 6) is 0.770. The van der Waals surface area contributed by atoms with Crippen LogP contribution in [0.2, 0.25) is 0 Å². The predicted octanol–water partition coefficient (Wildman–Crippen LogP) is 2.59. The van der Waals surface area contributed by atoms with Crippen LogP contribution >= 0.6 is 0 Å². The fourth-order valence-corrected chi connectivity index (χ4v) is 1.33. The molecule has 0 saturated carbocycles. The van der Waals surface area contributed by atoms with Crippen LogP contribution in [-0.2, 0) is 0 Å². The van der Waals surface area contributed by atoms with Crippen molar-refractivity contribution in [3.8, 4) is 0 Å². The van der Waals surface area contributed by atoms with E-state index in [1.165, 1.54) is 12.8 Å². The van der Waals surface area contributed by atoms with Crippen molar-refractivity contribution in [1.82, 2.24) is 5.32 Å². The summed E-state index contributed by atoms with van der Waals surface area (Å²) in [6.45, 7) is 7.76. The molecule has 0 aromatic heterocycles. The molecule has 0 aromatic carbocycles.